The number of likely N-dealkylation sites (N-methyl/N-ethyl adjacent to an activating group) is 1. The van der Waals surface area contributed by atoms with Crippen LogP contribution in [0.15, 0.2) is 0 Å². The molecule has 0 aliphatic rings. The molecule has 0 fully saturated rings. The van der Waals surface area contributed by atoms with Gasteiger partial charge in [0.2, 0.25) is 0 Å². The normalized spacial score (nSPS) is 13.6. The van der Waals surface area contributed by atoms with E-state index in [9.17, 15) is 10.2 Å². The molecule has 0 saturated carbocycles. The van der Waals surface area contributed by atoms with E-state index in [1.807, 2.05) is 19.0 Å². The molecule has 0 aromatic heterocycles. The van der Waals surface area contributed by atoms with Crippen LogP contribution in [0.1, 0.15) is 32.1 Å². The van der Waals surface area contributed by atoms with Gasteiger partial charge >= 0.3 is 0 Å². The molecule has 1 radical (unpaired) electrons. The molecule has 0 bridgehead atoms. The summed E-state index contributed by atoms with van der Waals surface area (Å²) in [5.41, 5.74) is 0. The molecule has 0 aliphatic heterocycles. The second kappa shape index (κ2) is 8.48. The minimum absolute atomic E-state index is 0.0419. The fourth-order valence-electron chi connectivity index (χ4n) is 1.35. The molecule has 1 N–H and O–H groups in total. The number of nitrogens with zero attached hydrogens (tertiary/aromatic N) is 1. The molecule has 3 nitrogen and oxygen atoms in total. The molecule has 0 aromatic rings. The van der Waals surface area contributed by atoms with Gasteiger partial charge in [0, 0.05) is 6.54 Å². The molecule has 0 rings (SSSR count). The minimum atomic E-state index is -0.206. The summed E-state index contributed by atoms with van der Waals surface area (Å²) in [6, 6.07) is 0. The largest absolute Gasteiger partial charge is 0.392 e. The molecule has 1 atom stereocenters. The third-order valence-electron chi connectivity index (χ3n) is 2.01. The molecule has 0 saturated heterocycles. The predicted octanol–water partition coefficient (Wildman–Crippen LogP) is 1.29. The molecule has 3 heteroatoms. The van der Waals surface area contributed by atoms with E-state index in [2.05, 4.69) is 0 Å². The Labute approximate surface area is 81.4 Å². The molecular formula is C10H22NO2. The zero-order chi connectivity index (χ0) is 10.1. The average Bonchev–Trinajstić information content (AvgIpc) is 2.02. The van der Waals surface area contributed by atoms with Crippen molar-refractivity contribution in [2.45, 2.75) is 38.2 Å². The summed E-state index contributed by atoms with van der Waals surface area (Å²) in [6.45, 7) is 0.780. The van der Waals surface area contributed by atoms with Crippen molar-refractivity contribution in [3.8, 4) is 0 Å². The highest BCUT2D eigenvalue weighted by Gasteiger charge is 2.04. The van der Waals surface area contributed by atoms with Crippen molar-refractivity contribution in [1.29, 1.82) is 0 Å². The maximum absolute atomic E-state index is 10.1. The number of aliphatic hydroxyl groups is 1. The standard InChI is InChI=1S/C10H22NO2/c1-11(2)9-10(13)7-5-3-4-6-8-12/h10,13H,3-9H2,1-2H3. The predicted molar refractivity (Wildman–Crippen MR) is 53.2 cm³/mol. The van der Waals surface area contributed by atoms with E-state index in [0.29, 0.717) is 0 Å². The number of unbranched alkanes of at least 4 members (excludes halogenated alkanes) is 3. The van der Waals surface area contributed by atoms with Gasteiger partial charge in [-0.1, -0.05) is 19.3 Å². The molecule has 0 aromatic carbocycles. The highest BCUT2D eigenvalue weighted by molar-refractivity contribution is 4.58. The van der Waals surface area contributed by atoms with Gasteiger partial charge < -0.3 is 10.0 Å². The van der Waals surface area contributed by atoms with Crippen molar-refractivity contribution < 1.29 is 10.2 Å². The van der Waals surface area contributed by atoms with E-state index >= 15 is 0 Å². The van der Waals surface area contributed by atoms with Crippen molar-refractivity contribution in [1.82, 2.24) is 4.90 Å². The molecule has 0 amide bonds. The number of aliphatic hydroxyl groups excluding tert-OH is 1. The molecule has 0 aliphatic carbocycles. The summed E-state index contributed by atoms with van der Waals surface area (Å²) in [6.07, 6.45) is 4.56. The van der Waals surface area contributed by atoms with Crippen molar-refractivity contribution in [2.24, 2.45) is 0 Å². The lowest BCUT2D eigenvalue weighted by Crippen LogP contribution is -2.25. The Morgan fingerprint density at radius 2 is 1.77 bits per heavy atom. The average molecular weight is 188 g/mol. The monoisotopic (exact) mass is 188 g/mol. The summed E-state index contributed by atoms with van der Waals surface area (Å²) in [4.78, 5) is 1.99. The third kappa shape index (κ3) is 9.80. The first-order valence-corrected chi connectivity index (χ1v) is 5.07. The van der Waals surface area contributed by atoms with Gasteiger partial charge in [-0.15, -0.1) is 0 Å². The van der Waals surface area contributed by atoms with Crippen LogP contribution in [0.2, 0.25) is 0 Å². The van der Waals surface area contributed by atoms with E-state index in [0.717, 1.165) is 38.6 Å². The van der Waals surface area contributed by atoms with Crippen LogP contribution in [0.5, 0.6) is 0 Å². The SMILES string of the molecule is CN(C)CC(O)CCCCCC[O]. The lowest BCUT2D eigenvalue weighted by molar-refractivity contribution is 0.124. The minimum Gasteiger partial charge on any atom is -0.392 e. The van der Waals surface area contributed by atoms with Crippen LogP contribution in [-0.4, -0.2) is 43.4 Å². The zero-order valence-corrected chi connectivity index (χ0v) is 8.83. The van der Waals surface area contributed by atoms with E-state index < -0.39 is 0 Å². The van der Waals surface area contributed by atoms with Gasteiger partial charge in [-0.2, -0.15) is 0 Å². The topological polar surface area (TPSA) is 43.4 Å². The van der Waals surface area contributed by atoms with Gasteiger partial charge in [0.25, 0.3) is 0 Å². The first-order chi connectivity index (χ1) is 6.16. The Kier molecular flexibility index (Phi) is 8.40. The molecule has 13 heavy (non-hydrogen) atoms. The quantitative estimate of drug-likeness (QED) is 0.583. The maximum atomic E-state index is 10.1. The first kappa shape index (κ1) is 12.9. The van der Waals surface area contributed by atoms with Gasteiger partial charge in [-0.25, -0.2) is 5.11 Å². The van der Waals surface area contributed by atoms with E-state index in [1.165, 1.54) is 0 Å². The molecule has 1 unspecified atom stereocenters. The Morgan fingerprint density at radius 1 is 1.15 bits per heavy atom. The summed E-state index contributed by atoms with van der Waals surface area (Å²) >= 11 is 0. The number of hydrogen-bond acceptors (Lipinski definition) is 2. The lowest BCUT2D eigenvalue weighted by atomic mass is 10.1. The second-order valence-corrected chi connectivity index (χ2v) is 3.82. The van der Waals surface area contributed by atoms with E-state index in [-0.39, 0.29) is 12.7 Å². The molecular weight excluding hydrogens is 166 g/mol. The van der Waals surface area contributed by atoms with Crippen LogP contribution in [0.3, 0.4) is 0 Å². The van der Waals surface area contributed by atoms with Crippen molar-refractivity contribution >= 4 is 0 Å². The Morgan fingerprint density at radius 3 is 2.31 bits per heavy atom. The van der Waals surface area contributed by atoms with Gasteiger partial charge in [-0.3, -0.25) is 0 Å². The van der Waals surface area contributed by atoms with Gasteiger partial charge in [0.05, 0.1) is 12.7 Å². The summed E-state index contributed by atoms with van der Waals surface area (Å²) in [5.74, 6) is 0. The zero-order valence-electron chi connectivity index (χ0n) is 8.83. The van der Waals surface area contributed by atoms with E-state index in [1.54, 1.807) is 0 Å². The van der Waals surface area contributed by atoms with E-state index in [4.69, 9.17) is 0 Å². The highest BCUT2D eigenvalue weighted by atomic mass is 16.3. The van der Waals surface area contributed by atoms with Crippen LogP contribution in [0, 0.1) is 0 Å². The van der Waals surface area contributed by atoms with Crippen molar-refractivity contribution in [2.75, 3.05) is 27.2 Å². The fourth-order valence-corrected chi connectivity index (χ4v) is 1.35. The Bertz CT molecular complexity index is 107. The second-order valence-electron chi connectivity index (χ2n) is 3.82. The lowest BCUT2D eigenvalue weighted by Gasteiger charge is -2.15. The van der Waals surface area contributed by atoms with Crippen LogP contribution >= 0.6 is 0 Å². The Balaban J connectivity index is 3.12. The Hall–Kier alpha value is -0.120. The van der Waals surface area contributed by atoms with Crippen LogP contribution in [0.4, 0.5) is 0 Å². The maximum Gasteiger partial charge on any atom is 0.0822 e. The molecule has 79 valence electrons. The van der Waals surface area contributed by atoms with Gasteiger partial charge in [-0.05, 0) is 26.9 Å². The van der Waals surface area contributed by atoms with Crippen molar-refractivity contribution in [3.05, 3.63) is 0 Å². The van der Waals surface area contributed by atoms with Crippen LogP contribution < -0.4 is 0 Å². The van der Waals surface area contributed by atoms with Gasteiger partial charge in [0.15, 0.2) is 0 Å². The number of hydrogen-bond donors (Lipinski definition) is 1. The third-order valence-corrected chi connectivity index (χ3v) is 2.01. The summed E-state index contributed by atoms with van der Waals surface area (Å²) in [5, 5.41) is 19.6. The first-order valence-electron chi connectivity index (χ1n) is 5.07. The smallest absolute Gasteiger partial charge is 0.0822 e. The number of rotatable bonds is 8. The highest BCUT2D eigenvalue weighted by Crippen LogP contribution is 2.05. The van der Waals surface area contributed by atoms with Crippen LogP contribution in [-0.2, 0) is 5.11 Å². The van der Waals surface area contributed by atoms with Crippen LogP contribution in [0.25, 0.3) is 0 Å². The fraction of sp³-hybridized carbons (Fsp3) is 1.00. The summed E-state index contributed by atoms with van der Waals surface area (Å²) in [7, 11) is 3.92. The summed E-state index contributed by atoms with van der Waals surface area (Å²) < 4.78 is 0. The molecule has 0 spiro atoms. The van der Waals surface area contributed by atoms with Gasteiger partial charge in [0.1, 0.15) is 0 Å². The van der Waals surface area contributed by atoms with Crippen molar-refractivity contribution in [3.63, 3.8) is 0 Å². The molecule has 0 heterocycles.